The minimum absolute atomic E-state index is 0.0479. The molecule has 2 heterocycles. The van der Waals surface area contributed by atoms with Crippen LogP contribution in [0.3, 0.4) is 0 Å². The smallest absolute Gasteiger partial charge is 0.249 e. The van der Waals surface area contributed by atoms with E-state index in [0.29, 0.717) is 16.8 Å². The maximum Gasteiger partial charge on any atom is 0.249 e. The van der Waals surface area contributed by atoms with E-state index in [-0.39, 0.29) is 41.7 Å². The van der Waals surface area contributed by atoms with Crippen LogP contribution in [0.15, 0.2) is 60.7 Å². The van der Waals surface area contributed by atoms with E-state index >= 15 is 4.39 Å². The molecule has 1 N–H and O–H groups in total. The van der Waals surface area contributed by atoms with Crippen LogP contribution in [0.25, 0.3) is 11.0 Å². The molecule has 0 fully saturated rings. The molecule has 1 aromatic heterocycles. The summed E-state index contributed by atoms with van der Waals surface area (Å²) in [6, 6.07) is 14.3. The number of anilines is 1. The molecule has 0 bridgehead atoms. The van der Waals surface area contributed by atoms with Crippen LogP contribution in [-0.4, -0.2) is 44.9 Å². The van der Waals surface area contributed by atoms with Gasteiger partial charge in [0.05, 0.1) is 11.2 Å². The van der Waals surface area contributed by atoms with Gasteiger partial charge in [-0.05, 0) is 52.0 Å². The van der Waals surface area contributed by atoms with Crippen LogP contribution >= 0.6 is 0 Å². The van der Waals surface area contributed by atoms with Crippen LogP contribution in [0.2, 0.25) is 0 Å². The van der Waals surface area contributed by atoms with Gasteiger partial charge in [0.15, 0.2) is 17.3 Å². The van der Waals surface area contributed by atoms with Crippen LogP contribution in [0.1, 0.15) is 49.7 Å². The van der Waals surface area contributed by atoms with Gasteiger partial charge in [0.25, 0.3) is 0 Å². The second-order valence-corrected chi connectivity index (χ2v) is 10.4. The number of ether oxygens (including phenoxy) is 2. The molecule has 11 heteroatoms. The zero-order valence-corrected chi connectivity index (χ0v) is 22.5. The number of halogens is 1. The first-order valence-corrected chi connectivity index (χ1v) is 12.6. The van der Waals surface area contributed by atoms with E-state index in [1.54, 1.807) is 51.1 Å². The first-order valence-electron chi connectivity index (χ1n) is 12.6. The Morgan fingerprint density at radius 2 is 1.73 bits per heavy atom. The fourth-order valence-electron chi connectivity index (χ4n) is 4.60. The third-order valence-corrected chi connectivity index (χ3v) is 6.31. The minimum atomic E-state index is -1.49. The van der Waals surface area contributed by atoms with Crippen LogP contribution < -0.4 is 19.7 Å². The molecule has 206 valence electrons. The molecule has 0 saturated heterocycles. The van der Waals surface area contributed by atoms with Crippen molar-refractivity contribution in [2.24, 2.45) is 0 Å². The quantitative estimate of drug-likeness (QED) is 0.346. The molecule has 1 aliphatic heterocycles. The highest BCUT2D eigenvalue weighted by Crippen LogP contribution is 2.42. The van der Waals surface area contributed by atoms with E-state index in [0.717, 1.165) is 4.90 Å². The van der Waals surface area contributed by atoms with Crippen molar-refractivity contribution in [3.05, 3.63) is 77.6 Å². The zero-order valence-electron chi connectivity index (χ0n) is 22.5. The van der Waals surface area contributed by atoms with Gasteiger partial charge >= 0.3 is 0 Å². The molecule has 1 atom stereocenters. The summed E-state index contributed by atoms with van der Waals surface area (Å²) in [4.78, 5) is 42.2. The van der Waals surface area contributed by atoms with Crippen molar-refractivity contribution in [1.29, 1.82) is 0 Å². The van der Waals surface area contributed by atoms with Gasteiger partial charge in [-0.2, -0.15) is 0 Å². The van der Waals surface area contributed by atoms with Crippen LogP contribution in [0, 0.1) is 5.82 Å². The van der Waals surface area contributed by atoms with Gasteiger partial charge in [-0.1, -0.05) is 35.5 Å². The molecule has 5 rings (SSSR count). The Morgan fingerprint density at radius 3 is 2.42 bits per heavy atom. The maximum absolute atomic E-state index is 15.4. The Hall–Kier alpha value is -4.80. The van der Waals surface area contributed by atoms with Gasteiger partial charge in [-0.3, -0.25) is 19.3 Å². The number of Topliss-reactive ketones (excluding diaryl/α,β-unsaturated/α-hetero) is 1. The van der Waals surface area contributed by atoms with Crippen molar-refractivity contribution in [2.75, 3.05) is 11.7 Å². The number of carbonyl (C=O) groups is 3. The molecule has 1 unspecified atom stereocenters. The van der Waals surface area contributed by atoms with Gasteiger partial charge in [0.1, 0.15) is 23.9 Å². The fraction of sp³-hybridized carbons (Fsp3) is 0.276. The Morgan fingerprint density at radius 1 is 1.05 bits per heavy atom. The molecule has 3 aromatic carbocycles. The molecule has 0 aliphatic carbocycles. The highest BCUT2D eigenvalue weighted by Gasteiger charge is 2.38. The molecule has 2 amide bonds. The van der Waals surface area contributed by atoms with Crippen molar-refractivity contribution in [3.8, 4) is 11.5 Å². The molecule has 40 heavy (non-hydrogen) atoms. The second kappa shape index (κ2) is 10.4. The molecule has 4 aromatic rings. The Kier molecular flexibility index (Phi) is 6.97. The summed E-state index contributed by atoms with van der Waals surface area (Å²) in [6.45, 7) is 6.24. The fourth-order valence-corrected chi connectivity index (χ4v) is 4.60. The first kappa shape index (κ1) is 26.8. The topological polar surface area (TPSA) is 116 Å². The third-order valence-electron chi connectivity index (χ3n) is 6.31. The summed E-state index contributed by atoms with van der Waals surface area (Å²) < 4.78 is 27.8. The summed E-state index contributed by atoms with van der Waals surface area (Å²) in [6.07, 6.45) is 0. The molecule has 1 aliphatic rings. The lowest BCUT2D eigenvalue weighted by molar-refractivity contribution is -0.128. The monoisotopic (exact) mass is 545 g/mol. The Balaban J connectivity index is 1.72. The molecular formula is C29H28FN5O5. The Labute approximate surface area is 229 Å². The number of rotatable bonds is 7. The number of benzene rings is 3. The van der Waals surface area contributed by atoms with E-state index in [1.807, 2.05) is 0 Å². The van der Waals surface area contributed by atoms with Gasteiger partial charge in [0, 0.05) is 22.7 Å². The standard InChI is InChI=1S/C29H28FN5O5/c1-17(36)19-13-24-25(40-16-39-24)14-23(19)35(26(37)15-34-22-12-8-7-11-21(22)32-33-34)27(28(38)31-29(2,3)4)18-9-5-6-10-20(18)30/h5-14,27H,15-16H2,1-4H3,(H,31,38). The summed E-state index contributed by atoms with van der Waals surface area (Å²) in [7, 11) is 0. The number of hydrogen-bond donors (Lipinski definition) is 1. The number of aromatic nitrogens is 3. The molecule has 10 nitrogen and oxygen atoms in total. The zero-order chi connectivity index (χ0) is 28.6. The predicted octanol–water partition coefficient (Wildman–Crippen LogP) is 4.19. The molecular weight excluding hydrogens is 517 g/mol. The molecule has 0 saturated carbocycles. The van der Waals surface area contributed by atoms with Gasteiger partial charge in [-0.15, -0.1) is 5.10 Å². The normalized spacial score (nSPS) is 13.2. The van der Waals surface area contributed by atoms with Crippen LogP contribution in [0.5, 0.6) is 11.5 Å². The lowest BCUT2D eigenvalue weighted by atomic mass is 9.98. The van der Waals surface area contributed by atoms with Crippen LogP contribution in [-0.2, 0) is 16.1 Å². The molecule has 0 radical (unpaired) electrons. The lowest BCUT2D eigenvalue weighted by Crippen LogP contribution is -2.50. The summed E-state index contributed by atoms with van der Waals surface area (Å²) in [5.41, 5.74) is 0.582. The number of amides is 2. The highest BCUT2D eigenvalue weighted by atomic mass is 19.1. The lowest BCUT2D eigenvalue weighted by Gasteiger charge is -2.34. The summed E-state index contributed by atoms with van der Waals surface area (Å²) >= 11 is 0. The number of para-hydroxylation sites is 1. The number of fused-ring (bicyclic) bond motifs is 2. The number of nitrogens with zero attached hydrogens (tertiary/aromatic N) is 4. The SMILES string of the molecule is CC(=O)c1cc2c(cc1N(C(=O)Cn1nnc3ccccc31)C(C(=O)NC(C)(C)C)c1ccccc1F)OCO2. The van der Waals surface area contributed by atoms with Crippen molar-refractivity contribution >= 4 is 34.3 Å². The van der Waals surface area contributed by atoms with Gasteiger partial charge in [-0.25, -0.2) is 9.07 Å². The average Bonchev–Trinajstić information content (AvgIpc) is 3.52. The first-order chi connectivity index (χ1) is 19.0. The largest absolute Gasteiger partial charge is 0.454 e. The van der Waals surface area contributed by atoms with E-state index in [9.17, 15) is 14.4 Å². The average molecular weight is 546 g/mol. The molecule has 0 spiro atoms. The van der Waals surface area contributed by atoms with Crippen molar-refractivity contribution in [2.45, 2.75) is 45.8 Å². The number of ketones is 1. The summed E-state index contributed by atoms with van der Waals surface area (Å²) in [5, 5.41) is 11.1. The minimum Gasteiger partial charge on any atom is -0.454 e. The van der Waals surface area contributed by atoms with E-state index in [2.05, 4.69) is 15.6 Å². The van der Waals surface area contributed by atoms with E-state index in [1.165, 1.54) is 41.9 Å². The van der Waals surface area contributed by atoms with E-state index in [4.69, 9.17) is 9.47 Å². The van der Waals surface area contributed by atoms with Crippen molar-refractivity contribution in [3.63, 3.8) is 0 Å². The van der Waals surface area contributed by atoms with Crippen molar-refractivity contribution in [1.82, 2.24) is 20.3 Å². The number of hydrogen-bond acceptors (Lipinski definition) is 7. The maximum atomic E-state index is 15.4. The van der Waals surface area contributed by atoms with Crippen molar-refractivity contribution < 1.29 is 28.2 Å². The Bertz CT molecular complexity index is 1630. The second-order valence-electron chi connectivity index (χ2n) is 10.4. The van der Waals surface area contributed by atoms with E-state index < -0.39 is 29.2 Å². The summed E-state index contributed by atoms with van der Waals surface area (Å²) in [5.74, 6) is -1.74. The predicted molar refractivity (Wildman–Crippen MR) is 145 cm³/mol. The number of carbonyl (C=O) groups excluding carboxylic acids is 3. The van der Waals surface area contributed by atoms with Crippen LogP contribution in [0.4, 0.5) is 10.1 Å². The highest BCUT2D eigenvalue weighted by molar-refractivity contribution is 6.08. The van der Waals surface area contributed by atoms with Gasteiger partial charge < -0.3 is 14.8 Å². The third kappa shape index (κ3) is 5.22. The number of nitrogens with one attached hydrogen (secondary N) is 1. The van der Waals surface area contributed by atoms with Gasteiger partial charge in [0.2, 0.25) is 18.6 Å².